The van der Waals surface area contributed by atoms with E-state index in [0.29, 0.717) is 43.9 Å². The number of rotatable bonds is 6. The molecular formula is C26H32F3N5O3. The largest absolute Gasteiger partial charge is 0.466 e. The number of likely N-dealkylation sites (N-methyl/N-ethyl adjacent to an activating group) is 1. The van der Waals surface area contributed by atoms with Gasteiger partial charge in [-0.25, -0.2) is 22.9 Å². The van der Waals surface area contributed by atoms with Crippen LogP contribution in [0.15, 0.2) is 52.8 Å². The Labute approximate surface area is 214 Å². The SMILES string of the molecule is COC(=O)C1=C(CN2CCC(O)(CN(C)C)C2)NC(c2ncc(F)cc2F)=NC1.Cc1cccc(F)c1. The number of nitrogens with one attached hydrogen (secondary N) is 1. The van der Waals surface area contributed by atoms with Crippen LogP contribution in [0.3, 0.4) is 0 Å². The minimum absolute atomic E-state index is 0.0152. The number of β-amino-alcohol motifs (C(OH)–C–C–N with tert-alkyl or cyclic N) is 1. The van der Waals surface area contributed by atoms with Gasteiger partial charge in [0.25, 0.3) is 0 Å². The van der Waals surface area contributed by atoms with Gasteiger partial charge in [0.05, 0.1) is 31.0 Å². The summed E-state index contributed by atoms with van der Waals surface area (Å²) in [7, 11) is 5.07. The summed E-state index contributed by atoms with van der Waals surface area (Å²) < 4.78 is 44.3. The number of aliphatic imine (C=N–C) groups is 1. The number of ether oxygens (including phenoxy) is 1. The molecule has 3 heterocycles. The van der Waals surface area contributed by atoms with Crippen molar-refractivity contribution in [1.29, 1.82) is 0 Å². The van der Waals surface area contributed by atoms with Gasteiger partial charge in [-0.1, -0.05) is 12.1 Å². The van der Waals surface area contributed by atoms with Crippen molar-refractivity contribution in [2.24, 2.45) is 4.99 Å². The summed E-state index contributed by atoms with van der Waals surface area (Å²) in [6.07, 6.45) is 1.50. The van der Waals surface area contributed by atoms with Crippen LogP contribution in [-0.2, 0) is 9.53 Å². The topological polar surface area (TPSA) is 90.3 Å². The van der Waals surface area contributed by atoms with E-state index in [1.54, 1.807) is 6.07 Å². The first-order valence-electron chi connectivity index (χ1n) is 11.7. The maximum absolute atomic E-state index is 14.1. The van der Waals surface area contributed by atoms with Crippen LogP contribution in [0.2, 0.25) is 0 Å². The van der Waals surface area contributed by atoms with Crippen molar-refractivity contribution in [3.05, 3.63) is 76.5 Å². The first kappa shape index (κ1) is 28.3. The van der Waals surface area contributed by atoms with Crippen LogP contribution in [0.5, 0.6) is 0 Å². The summed E-state index contributed by atoms with van der Waals surface area (Å²) in [4.78, 5) is 24.1. The lowest BCUT2D eigenvalue weighted by atomic mass is 10.0. The lowest BCUT2D eigenvalue weighted by molar-refractivity contribution is -0.136. The Balaban J connectivity index is 0.000000405. The lowest BCUT2D eigenvalue weighted by Crippen LogP contribution is -2.44. The molecule has 0 radical (unpaired) electrons. The minimum atomic E-state index is -0.848. The van der Waals surface area contributed by atoms with E-state index >= 15 is 0 Å². The molecule has 0 saturated carbocycles. The van der Waals surface area contributed by atoms with Crippen molar-refractivity contribution in [3.8, 4) is 0 Å². The third kappa shape index (κ3) is 7.85. The highest BCUT2D eigenvalue weighted by molar-refractivity contribution is 6.02. The number of methoxy groups -OCH3 is 1. The van der Waals surface area contributed by atoms with Crippen LogP contribution in [0, 0.1) is 24.4 Å². The third-order valence-electron chi connectivity index (χ3n) is 5.88. The zero-order valence-corrected chi connectivity index (χ0v) is 21.4. The fourth-order valence-corrected chi connectivity index (χ4v) is 4.30. The molecule has 1 aromatic carbocycles. The monoisotopic (exact) mass is 519 g/mol. The van der Waals surface area contributed by atoms with Gasteiger partial charge in [0.15, 0.2) is 11.7 Å². The summed E-state index contributed by atoms with van der Waals surface area (Å²) in [6, 6.07) is 7.23. The number of carbonyl (C=O) groups is 1. The molecule has 37 heavy (non-hydrogen) atoms. The maximum atomic E-state index is 14.1. The molecule has 2 aliphatic heterocycles. The van der Waals surface area contributed by atoms with E-state index in [0.717, 1.165) is 17.8 Å². The number of amidine groups is 1. The van der Waals surface area contributed by atoms with Gasteiger partial charge in [-0.2, -0.15) is 0 Å². The van der Waals surface area contributed by atoms with E-state index in [9.17, 15) is 23.1 Å². The van der Waals surface area contributed by atoms with E-state index in [2.05, 4.69) is 15.3 Å². The Morgan fingerprint density at radius 1 is 1.24 bits per heavy atom. The number of aromatic nitrogens is 1. The molecule has 8 nitrogen and oxygen atoms in total. The third-order valence-corrected chi connectivity index (χ3v) is 5.88. The molecule has 4 rings (SSSR count). The van der Waals surface area contributed by atoms with Gasteiger partial charge in [0.2, 0.25) is 0 Å². The molecule has 1 fully saturated rings. The molecule has 11 heteroatoms. The highest BCUT2D eigenvalue weighted by atomic mass is 19.1. The van der Waals surface area contributed by atoms with Crippen LogP contribution in [0.25, 0.3) is 0 Å². The number of aryl methyl sites for hydroxylation is 1. The summed E-state index contributed by atoms with van der Waals surface area (Å²) in [6.45, 7) is 3.76. The summed E-state index contributed by atoms with van der Waals surface area (Å²) in [5.41, 5.74) is 0.817. The second-order valence-electron chi connectivity index (χ2n) is 9.44. The predicted molar refractivity (Wildman–Crippen MR) is 133 cm³/mol. The van der Waals surface area contributed by atoms with Crippen molar-refractivity contribution >= 4 is 11.8 Å². The average Bonchev–Trinajstić information content (AvgIpc) is 3.18. The van der Waals surface area contributed by atoms with Gasteiger partial charge >= 0.3 is 5.97 Å². The summed E-state index contributed by atoms with van der Waals surface area (Å²) in [5.74, 6) is -2.21. The Morgan fingerprint density at radius 2 is 2.00 bits per heavy atom. The van der Waals surface area contributed by atoms with Crippen molar-refractivity contribution in [3.63, 3.8) is 0 Å². The smallest absolute Gasteiger partial charge is 0.337 e. The van der Waals surface area contributed by atoms with Crippen molar-refractivity contribution in [1.82, 2.24) is 20.1 Å². The molecule has 0 amide bonds. The molecule has 2 aliphatic rings. The van der Waals surface area contributed by atoms with Crippen molar-refractivity contribution < 1.29 is 27.8 Å². The number of benzene rings is 1. The Hall–Kier alpha value is -3.28. The first-order valence-corrected chi connectivity index (χ1v) is 11.7. The molecule has 1 aromatic heterocycles. The van der Waals surface area contributed by atoms with Gasteiger partial charge in [-0.05, 0) is 45.1 Å². The van der Waals surface area contributed by atoms with Gasteiger partial charge in [0.1, 0.15) is 17.3 Å². The molecule has 2 aromatic rings. The molecule has 1 atom stereocenters. The van der Waals surface area contributed by atoms with Crippen LogP contribution < -0.4 is 5.32 Å². The number of pyridine rings is 1. The molecular weight excluding hydrogens is 487 g/mol. The number of nitrogens with zero attached hydrogens (tertiary/aromatic N) is 4. The van der Waals surface area contributed by atoms with Crippen LogP contribution in [0.1, 0.15) is 17.7 Å². The Morgan fingerprint density at radius 3 is 2.59 bits per heavy atom. The minimum Gasteiger partial charge on any atom is -0.466 e. The molecule has 0 spiro atoms. The number of carbonyl (C=O) groups excluding carboxylic acids is 1. The number of halogens is 3. The van der Waals surface area contributed by atoms with Crippen LogP contribution in [0.4, 0.5) is 13.2 Å². The summed E-state index contributed by atoms with van der Waals surface area (Å²) >= 11 is 0. The second kappa shape index (κ2) is 12.3. The van der Waals surface area contributed by atoms with Crippen LogP contribution >= 0.6 is 0 Å². The zero-order chi connectivity index (χ0) is 27.2. The van der Waals surface area contributed by atoms with Crippen LogP contribution in [-0.4, -0.2) is 91.2 Å². The molecule has 1 unspecified atom stereocenters. The standard InChI is InChI=1S/C19H25F2N5O3.C7H7F/c1-25(2)10-19(28)4-5-26(11-19)9-15-13(18(27)29-3)8-23-17(24-15)16-14(21)6-12(20)7-22-16;1-6-3-2-4-7(8)5-6/h6-7,28H,4-5,8-11H2,1-3H3,(H,23,24);2-5H,1H3. The maximum Gasteiger partial charge on any atom is 0.337 e. The number of aliphatic hydroxyl groups is 1. The number of hydrogen-bond acceptors (Lipinski definition) is 8. The fraction of sp³-hybridized carbons (Fsp3) is 0.423. The quantitative estimate of drug-likeness (QED) is 0.566. The summed E-state index contributed by atoms with van der Waals surface area (Å²) in [5, 5.41) is 13.7. The van der Waals surface area contributed by atoms with E-state index in [-0.39, 0.29) is 23.9 Å². The van der Waals surface area contributed by atoms with E-state index in [1.165, 1.54) is 19.2 Å². The average molecular weight is 520 g/mol. The van der Waals surface area contributed by atoms with E-state index < -0.39 is 23.2 Å². The molecule has 1 saturated heterocycles. The number of likely N-dealkylation sites (tertiary alicyclic amines) is 1. The van der Waals surface area contributed by atoms with Gasteiger partial charge in [-0.15, -0.1) is 0 Å². The highest BCUT2D eigenvalue weighted by Gasteiger charge is 2.37. The fourth-order valence-electron chi connectivity index (χ4n) is 4.30. The molecule has 0 aliphatic carbocycles. The van der Waals surface area contributed by atoms with E-state index in [4.69, 9.17) is 4.74 Å². The molecule has 0 bridgehead atoms. The normalized spacial score (nSPS) is 19.8. The van der Waals surface area contributed by atoms with Gasteiger partial charge in [0, 0.05) is 37.9 Å². The zero-order valence-electron chi connectivity index (χ0n) is 21.4. The molecule has 2 N–H and O–H groups in total. The van der Waals surface area contributed by atoms with E-state index in [1.807, 2.05) is 36.9 Å². The van der Waals surface area contributed by atoms with Gasteiger partial charge in [-0.3, -0.25) is 9.89 Å². The van der Waals surface area contributed by atoms with Crippen molar-refractivity contribution in [2.45, 2.75) is 18.9 Å². The number of hydrogen-bond donors (Lipinski definition) is 2. The lowest BCUT2D eigenvalue weighted by Gasteiger charge is -2.28. The Bertz CT molecular complexity index is 1170. The number of esters is 1. The first-order chi connectivity index (χ1) is 17.5. The second-order valence-corrected chi connectivity index (χ2v) is 9.44. The predicted octanol–water partition coefficient (Wildman–Crippen LogP) is 2.27. The Kier molecular flexibility index (Phi) is 9.41. The highest BCUT2D eigenvalue weighted by Crippen LogP contribution is 2.24. The van der Waals surface area contributed by atoms with Gasteiger partial charge < -0.3 is 20.1 Å². The van der Waals surface area contributed by atoms with Crippen molar-refractivity contribution in [2.75, 3.05) is 53.9 Å². The molecule has 200 valence electrons.